The molecule has 1 fully saturated rings. The van der Waals surface area contributed by atoms with Gasteiger partial charge in [0.15, 0.2) is 6.10 Å². The summed E-state index contributed by atoms with van der Waals surface area (Å²) in [5.74, 6) is -0.0329. The van der Waals surface area contributed by atoms with Crippen molar-refractivity contribution in [3.63, 3.8) is 0 Å². The highest BCUT2D eigenvalue weighted by molar-refractivity contribution is 7.90. The van der Waals surface area contributed by atoms with E-state index in [4.69, 9.17) is 4.74 Å². The molecule has 1 aliphatic carbocycles. The minimum atomic E-state index is -3.02. The Morgan fingerprint density at radius 1 is 1.36 bits per heavy atom. The first-order valence-corrected chi connectivity index (χ1v) is 9.60. The summed E-state index contributed by atoms with van der Waals surface area (Å²) in [7, 11) is -3.02. The number of nitrogens with one attached hydrogen (secondary N) is 1. The van der Waals surface area contributed by atoms with Crippen molar-refractivity contribution in [2.45, 2.75) is 25.4 Å². The SMILES string of the molecule is CS(=O)(=O)CC1(CNC(=O)C2OCCc3ccccc32)CC1. The smallest absolute Gasteiger partial charge is 0.253 e. The maximum atomic E-state index is 12.4. The molecule has 2 aliphatic rings. The molecule has 1 saturated carbocycles. The predicted octanol–water partition coefficient (Wildman–Crippen LogP) is 1.24. The first-order chi connectivity index (χ1) is 10.4. The highest BCUT2D eigenvalue weighted by atomic mass is 32.2. The fourth-order valence-corrected chi connectivity index (χ4v) is 4.59. The fourth-order valence-electron chi connectivity index (χ4n) is 3.08. The van der Waals surface area contributed by atoms with Gasteiger partial charge in [-0.05, 0) is 30.4 Å². The van der Waals surface area contributed by atoms with Gasteiger partial charge in [-0.15, -0.1) is 0 Å². The van der Waals surface area contributed by atoms with Gasteiger partial charge in [0.2, 0.25) is 0 Å². The fraction of sp³-hybridized carbons (Fsp3) is 0.562. The normalized spacial score (nSPS) is 22.7. The molecule has 0 spiro atoms. The van der Waals surface area contributed by atoms with E-state index in [1.807, 2.05) is 24.3 Å². The van der Waals surface area contributed by atoms with E-state index in [9.17, 15) is 13.2 Å². The number of benzene rings is 1. The van der Waals surface area contributed by atoms with Gasteiger partial charge in [0.05, 0.1) is 12.4 Å². The molecule has 1 aliphatic heterocycles. The standard InChI is InChI=1S/C16H21NO4S/c1-22(19,20)11-16(7-8-16)10-17-15(18)14-13-5-3-2-4-12(13)6-9-21-14/h2-5,14H,6-11H2,1H3,(H,17,18). The Hall–Kier alpha value is -1.40. The third kappa shape index (κ3) is 3.50. The summed E-state index contributed by atoms with van der Waals surface area (Å²) in [4.78, 5) is 12.4. The Morgan fingerprint density at radius 3 is 2.77 bits per heavy atom. The van der Waals surface area contributed by atoms with Gasteiger partial charge >= 0.3 is 0 Å². The molecule has 3 rings (SSSR count). The van der Waals surface area contributed by atoms with E-state index in [1.165, 1.54) is 6.26 Å². The molecule has 1 heterocycles. The largest absolute Gasteiger partial charge is 0.363 e. The third-order valence-electron chi connectivity index (χ3n) is 4.39. The van der Waals surface area contributed by atoms with Gasteiger partial charge in [0, 0.05) is 18.2 Å². The number of ether oxygens (including phenoxy) is 1. The van der Waals surface area contributed by atoms with Crippen LogP contribution in [0.3, 0.4) is 0 Å². The maximum absolute atomic E-state index is 12.4. The van der Waals surface area contributed by atoms with Crippen molar-refractivity contribution in [3.8, 4) is 0 Å². The summed E-state index contributed by atoms with van der Waals surface area (Å²) < 4.78 is 28.5. The van der Waals surface area contributed by atoms with Crippen LogP contribution >= 0.6 is 0 Å². The highest BCUT2D eigenvalue weighted by Gasteiger charge is 2.45. The second-order valence-corrected chi connectivity index (χ2v) is 8.63. The predicted molar refractivity (Wildman–Crippen MR) is 83.2 cm³/mol. The molecule has 1 aromatic rings. The van der Waals surface area contributed by atoms with Crippen LogP contribution in [0.15, 0.2) is 24.3 Å². The number of fused-ring (bicyclic) bond motifs is 1. The average Bonchev–Trinajstić information content (AvgIpc) is 3.22. The summed E-state index contributed by atoms with van der Waals surface area (Å²) in [5, 5.41) is 2.89. The van der Waals surface area contributed by atoms with Gasteiger partial charge in [-0.3, -0.25) is 4.79 Å². The molecule has 22 heavy (non-hydrogen) atoms. The number of hydrogen-bond donors (Lipinski definition) is 1. The molecule has 0 aromatic heterocycles. The molecule has 1 N–H and O–H groups in total. The number of carbonyl (C=O) groups excluding carboxylic acids is 1. The molecule has 1 atom stereocenters. The van der Waals surface area contributed by atoms with E-state index in [1.54, 1.807) is 0 Å². The summed E-state index contributed by atoms with van der Waals surface area (Å²) in [6, 6.07) is 7.80. The highest BCUT2D eigenvalue weighted by Crippen LogP contribution is 2.46. The van der Waals surface area contributed by atoms with Crippen molar-refractivity contribution in [2.24, 2.45) is 5.41 Å². The van der Waals surface area contributed by atoms with Crippen molar-refractivity contribution < 1.29 is 17.9 Å². The van der Waals surface area contributed by atoms with Gasteiger partial charge in [0.25, 0.3) is 5.91 Å². The van der Waals surface area contributed by atoms with Gasteiger partial charge in [-0.2, -0.15) is 0 Å². The molecule has 120 valence electrons. The Kier molecular flexibility index (Phi) is 3.99. The molecule has 5 nitrogen and oxygen atoms in total. The van der Waals surface area contributed by atoms with E-state index in [2.05, 4.69) is 5.32 Å². The van der Waals surface area contributed by atoms with Gasteiger partial charge in [-0.25, -0.2) is 8.42 Å². The van der Waals surface area contributed by atoms with Crippen LogP contribution < -0.4 is 5.32 Å². The summed E-state index contributed by atoms with van der Waals surface area (Å²) in [6.07, 6.45) is 3.18. The zero-order valence-corrected chi connectivity index (χ0v) is 13.5. The number of sulfone groups is 1. The molecule has 1 unspecified atom stereocenters. The van der Waals surface area contributed by atoms with Crippen LogP contribution in [0.25, 0.3) is 0 Å². The molecule has 1 amide bonds. The molecular formula is C16H21NO4S. The Bertz CT molecular complexity index is 679. The number of rotatable bonds is 5. The minimum Gasteiger partial charge on any atom is -0.363 e. The lowest BCUT2D eigenvalue weighted by molar-refractivity contribution is -0.134. The first-order valence-electron chi connectivity index (χ1n) is 7.53. The number of carbonyl (C=O) groups is 1. The van der Waals surface area contributed by atoms with E-state index in [-0.39, 0.29) is 17.1 Å². The van der Waals surface area contributed by atoms with Crippen LogP contribution in [0.4, 0.5) is 0 Å². The van der Waals surface area contributed by atoms with E-state index < -0.39 is 15.9 Å². The van der Waals surface area contributed by atoms with Crippen LogP contribution in [-0.4, -0.2) is 39.5 Å². The van der Waals surface area contributed by atoms with Crippen LogP contribution in [-0.2, 0) is 25.8 Å². The molecule has 0 bridgehead atoms. The molecule has 6 heteroatoms. The molecular weight excluding hydrogens is 302 g/mol. The minimum absolute atomic E-state index is 0.141. The third-order valence-corrected chi connectivity index (χ3v) is 5.53. The monoisotopic (exact) mass is 323 g/mol. The summed E-state index contributed by atoms with van der Waals surface area (Å²) in [6.45, 7) is 0.935. The van der Waals surface area contributed by atoms with Crippen molar-refractivity contribution in [3.05, 3.63) is 35.4 Å². The molecule has 0 radical (unpaired) electrons. The Labute approximate surface area is 131 Å². The summed E-state index contributed by atoms with van der Waals surface area (Å²) in [5.41, 5.74) is 1.79. The topological polar surface area (TPSA) is 72.5 Å². The van der Waals surface area contributed by atoms with E-state index in [0.717, 1.165) is 30.4 Å². The summed E-state index contributed by atoms with van der Waals surface area (Å²) >= 11 is 0. The van der Waals surface area contributed by atoms with Crippen molar-refractivity contribution in [2.75, 3.05) is 25.2 Å². The second-order valence-electron chi connectivity index (χ2n) is 6.49. The number of amides is 1. The van der Waals surface area contributed by atoms with Crippen molar-refractivity contribution in [1.82, 2.24) is 5.32 Å². The zero-order valence-electron chi connectivity index (χ0n) is 12.7. The van der Waals surface area contributed by atoms with Gasteiger partial charge in [-0.1, -0.05) is 24.3 Å². The zero-order chi connectivity index (χ0) is 15.8. The van der Waals surface area contributed by atoms with Crippen molar-refractivity contribution in [1.29, 1.82) is 0 Å². The van der Waals surface area contributed by atoms with Crippen LogP contribution in [0.1, 0.15) is 30.1 Å². The lowest BCUT2D eigenvalue weighted by Gasteiger charge is -2.26. The number of hydrogen-bond acceptors (Lipinski definition) is 4. The molecule has 0 saturated heterocycles. The van der Waals surface area contributed by atoms with Gasteiger partial charge < -0.3 is 10.1 Å². The lowest BCUT2D eigenvalue weighted by atomic mass is 9.97. The van der Waals surface area contributed by atoms with Crippen LogP contribution in [0, 0.1) is 5.41 Å². The molecule has 1 aromatic carbocycles. The lowest BCUT2D eigenvalue weighted by Crippen LogP contribution is -2.38. The quantitative estimate of drug-likeness (QED) is 0.885. The van der Waals surface area contributed by atoms with Crippen molar-refractivity contribution >= 4 is 15.7 Å². The van der Waals surface area contributed by atoms with Crippen LogP contribution in [0.2, 0.25) is 0 Å². The van der Waals surface area contributed by atoms with Crippen LogP contribution in [0.5, 0.6) is 0 Å². The maximum Gasteiger partial charge on any atom is 0.253 e. The first kappa shape index (κ1) is 15.5. The van der Waals surface area contributed by atoms with E-state index >= 15 is 0 Å². The van der Waals surface area contributed by atoms with E-state index in [0.29, 0.717) is 13.2 Å². The Balaban J connectivity index is 1.64. The average molecular weight is 323 g/mol. The van der Waals surface area contributed by atoms with Gasteiger partial charge in [0.1, 0.15) is 9.84 Å². The second kappa shape index (κ2) is 5.66. The Morgan fingerprint density at radius 2 is 2.09 bits per heavy atom.